The number of hydrogen-bond acceptors (Lipinski definition) is 7. The third-order valence-corrected chi connectivity index (χ3v) is 4.99. The minimum Gasteiger partial charge on any atom is -0.472 e. The van der Waals surface area contributed by atoms with Crippen molar-refractivity contribution in [3.05, 3.63) is 63.9 Å². The number of piperidine rings is 1. The molecule has 3 aromatic rings. The molecule has 9 heteroatoms. The normalized spacial score (nSPS) is 15.0. The highest BCUT2D eigenvalue weighted by Gasteiger charge is 2.29. The Labute approximate surface area is 160 Å². The number of aryl methyl sites for hydroxylation is 1. The number of carbonyl (C=O) groups excluding carboxylic acids is 1. The predicted molar refractivity (Wildman–Crippen MR) is 97.7 cm³/mol. The highest BCUT2D eigenvalue weighted by Crippen LogP contribution is 2.30. The van der Waals surface area contributed by atoms with Crippen LogP contribution in [-0.2, 0) is 0 Å². The molecule has 0 bridgehead atoms. The van der Waals surface area contributed by atoms with E-state index in [-0.39, 0.29) is 17.5 Å². The molecule has 0 radical (unpaired) electrons. The van der Waals surface area contributed by atoms with Crippen LogP contribution >= 0.6 is 0 Å². The summed E-state index contributed by atoms with van der Waals surface area (Å²) >= 11 is 0. The Hall–Kier alpha value is -3.49. The zero-order chi connectivity index (χ0) is 19.7. The fourth-order valence-corrected chi connectivity index (χ4v) is 3.35. The number of benzene rings is 1. The molecular formula is C19H18N4O5. The Morgan fingerprint density at radius 3 is 2.71 bits per heavy atom. The van der Waals surface area contributed by atoms with E-state index in [0.29, 0.717) is 48.8 Å². The van der Waals surface area contributed by atoms with Crippen LogP contribution in [0.1, 0.15) is 40.6 Å². The lowest BCUT2D eigenvalue weighted by Crippen LogP contribution is -2.38. The molecule has 1 amide bonds. The van der Waals surface area contributed by atoms with E-state index in [1.807, 2.05) is 0 Å². The van der Waals surface area contributed by atoms with Gasteiger partial charge in [-0.2, -0.15) is 0 Å². The van der Waals surface area contributed by atoms with Crippen molar-refractivity contribution in [1.29, 1.82) is 0 Å². The fraction of sp³-hybridized carbons (Fsp3) is 0.316. The van der Waals surface area contributed by atoms with Gasteiger partial charge in [0.05, 0.1) is 16.7 Å². The molecule has 9 nitrogen and oxygen atoms in total. The quantitative estimate of drug-likeness (QED) is 0.500. The highest BCUT2D eigenvalue weighted by atomic mass is 16.6. The second-order valence-electron chi connectivity index (χ2n) is 6.78. The smallest absolute Gasteiger partial charge is 0.273 e. The van der Waals surface area contributed by atoms with Crippen LogP contribution in [0.25, 0.3) is 11.5 Å². The van der Waals surface area contributed by atoms with Crippen LogP contribution in [0, 0.1) is 17.0 Å². The van der Waals surface area contributed by atoms with Gasteiger partial charge < -0.3 is 13.7 Å². The molecule has 1 saturated heterocycles. The molecule has 0 unspecified atom stereocenters. The van der Waals surface area contributed by atoms with E-state index in [0.717, 1.165) is 5.56 Å². The predicted octanol–water partition coefficient (Wildman–Crippen LogP) is 3.57. The van der Waals surface area contributed by atoms with Gasteiger partial charge in [0.15, 0.2) is 0 Å². The van der Waals surface area contributed by atoms with Crippen LogP contribution in [0.15, 0.2) is 45.6 Å². The number of furan rings is 1. The lowest BCUT2D eigenvalue weighted by molar-refractivity contribution is -0.385. The topological polar surface area (TPSA) is 116 Å². The minimum absolute atomic E-state index is 0.0432. The number of likely N-dealkylation sites (tertiary alicyclic amines) is 1. The summed E-state index contributed by atoms with van der Waals surface area (Å²) in [5, 5.41) is 19.3. The van der Waals surface area contributed by atoms with Crippen LogP contribution in [0.2, 0.25) is 0 Å². The molecule has 0 spiro atoms. The first-order valence-electron chi connectivity index (χ1n) is 8.93. The lowest BCUT2D eigenvalue weighted by atomic mass is 9.96. The molecule has 1 aliphatic rings. The first kappa shape index (κ1) is 17.9. The van der Waals surface area contributed by atoms with Gasteiger partial charge in [0, 0.05) is 36.2 Å². The molecule has 3 heterocycles. The zero-order valence-electron chi connectivity index (χ0n) is 15.2. The Kier molecular flexibility index (Phi) is 4.64. The molecule has 28 heavy (non-hydrogen) atoms. The van der Waals surface area contributed by atoms with E-state index in [2.05, 4.69) is 10.2 Å². The number of aromatic nitrogens is 2. The number of hydrogen-bond donors (Lipinski definition) is 0. The van der Waals surface area contributed by atoms with Crippen LogP contribution < -0.4 is 0 Å². The van der Waals surface area contributed by atoms with Crippen LogP contribution in [0.5, 0.6) is 0 Å². The number of rotatable bonds is 4. The molecule has 2 aromatic heterocycles. The van der Waals surface area contributed by atoms with Crippen LogP contribution in [0.4, 0.5) is 5.69 Å². The second kappa shape index (κ2) is 7.26. The van der Waals surface area contributed by atoms with E-state index >= 15 is 0 Å². The summed E-state index contributed by atoms with van der Waals surface area (Å²) in [6.07, 6.45) is 4.46. The van der Waals surface area contributed by atoms with Gasteiger partial charge in [-0.1, -0.05) is 6.07 Å². The van der Waals surface area contributed by atoms with Gasteiger partial charge in [-0.25, -0.2) is 0 Å². The van der Waals surface area contributed by atoms with Gasteiger partial charge in [0.25, 0.3) is 17.5 Å². The average molecular weight is 382 g/mol. The molecule has 0 N–H and O–H groups in total. The van der Waals surface area contributed by atoms with Crippen LogP contribution in [0.3, 0.4) is 0 Å². The third-order valence-electron chi connectivity index (χ3n) is 4.99. The maximum atomic E-state index is 12.7. The number of carbonyl (C=O) groups is 1. The first-order valence-corrected chi connectivity index (χ1v) is 8.93. The fourth-order valence-electron chi connectivity index (χ4n) is 3.35. The summed E-state index contributed by atoms with van der Waals surface area (Å²) in [4.78, 5) is 25.1. The number of amides is 1. The summed E-state index contributed by atoms with van der Waals surface area (Å²) in [6, 6.07) is 6.33. The van der Waals surface area contributed by atoms with Gasteiger partial charge in [-0.05, 0) is 31.9 Å². The van der Waals surface area contributed by atoms with Crippen molar-refractivity contribution in [3.8, 4) is 11.5 Å². The molecule has 0 aliphatic carbocycles. The van der Waals surface area contributed by atoms with Gasteiger partial charge in [-0.15, -0.1) is 10.2 Å². The third kappa shape index (κ3) is 3.38. The van der Waals surface area contributed by atoms with Crippen molar-refractivity contribution < 1.29 is 18.6 Å². The standard InChI is InChI=1S/C19H18N4O5/c1-12-2-3-14(10-16(12)23(25)26)19(24)22-7-4-13(5-8-22)17-20-21-18(28-17)15-6-9-27-11-15/h2-3,6,9-11,13H,4-5,7-8H2,1H3. The molecule has 0 atom stereocenters. The van der Waals surface area contributed by atoms with Gasteiger partial charge >= 0.3 is 0 Å². The van der Waals surface area contributed by atoms with Crippen molar-refractivity contribution >= 4 is 11.6 Å². The maximum absolute atomic E-state index is 12.7. The number of nitrogens with zero attached hydrogens (tertiary/aromatic N) is 4. The molecular weight excluding hydrogens is 364 g/mol. The number of nitro benzene ring substituents is 1. The minimum atomic E-state index is -0.467. The highest BCUT2D eigenvalue weighted by molar-refractivity contribution is 5.95. The molecule has 4 rings (SSSR count). The van der Waals surface area contributed by atoms with Crippen molar-refractivity contribution in [2.24, 2.45) is 0 Å². The van der Waals surface area contributed by atoms with Crippen molar-refractivity contribution in [2.75, 3.05) is 13.1 Å². The van der Waals surface area contributed by atoms with Crippen molar-refractivity contribution in [2.45, 2.75) is 25.7 Å². The van der Waals surface area contributed by atoms with E-state index < -0.39 is 4.92 Å². The van der Waals surface area contributed by atoms with Crippen LogP contribution in [-0.4, -0.2) is 39.0 Å². The Balaban J connectivity index is 1.42. The van der Waals surface area contributed by atoms with Crippen molar-refractivity contribution in [1.82, 2.24) is 15.1 Å². The van der Waals surface area contributed by atoms with Gasteiger partial charge in [-0.3, -0.25) is 14.9 Å². The Bertz CT molecular complexity index is 1000. The largest absolute Gasteiger partial charge is 0.472 e. The molecule has 0 saturated carbocycles. The summed E-state index contributed by atoms with van der Waals surface area (Å²) < 4.78 is 10.8. The maximum Gasteiger partial charge on any atom is 0.273 e. The summed E-state index contributed by atoms with van der Waals surface area (Å²) in [6.45, 7) is 2.70. The van der Waals surface area contributed by atoms with E-state index in [4.69, 9.17) is 8.83 Å². The molecule has 1 aliphatic heterocycles. The van der Waals surface area contributed by atoms with E-state index in [9.17, 15) is 14.9 Å². The van der Waals surface area contributed by atoms with Gasteiger partial charge in [0.1, 0.15) is 6.26 Å². The Morgan fingerprint density at radius 2 is 2.04 bits per heavy atom. The molecule has 1 fully saturated rings. The Morgan fingerprint density at radius 1 is 1.25 bits per heavy atom. The summed E-state index contributed by atoms with van der Waals surface area (Å²) in [5.41, 5.74) is 1.55. The molecule has 1 aromatic carbocycles. The summed E-state index contributed by atoms with van der Waals surface area (Å²) in [5.74, 6) is 0.833. The second-order valence-corrected chi connectivity index (χ2v) is 6.78. The zero-order valence-corrected chi connectivity index (χ0v) is 15.2. The lowest BCUT2D eigenvalue weighted by Gasteiger charge is -2.30. The van der Waals surface area contributed by atoms with E-state index in [1.54, 1.807) is 42.5 Å². The average Bonchev–Trinajstić information content (AvgIpc) is 3.39. The van der Waals surface area contributed by atoms with E-state index in [1.165, 1.54) is 6.07 Å². The summed E-state index contributed by atoms with van der Waals surface area (Å²) in [7, 11) is 0. The number of nitro groups is 1. The van der Waals surface area contributed by atoms with Crippen molar-refractivity contribution in [3.63, 3.8) is 0 Å². The van der Waals surface area contributed by atoms with Gasteiger partial charge in [0.2, 0.25) is 5.89 Å². The first-order chi connectivity index (χ1) is 13.5. The SMILES string of the molecule is Cc1ccc(C(=O)N2CCC(c3nnc(-c4ccoc4)o3)CC2)cc1[N+](=O)[O-]. The molecule has 144 valence electrons. The monoisotopic (exact) mass is 382 g/mol.